The Morgan fingerprint density at radius 2 is 2.38 bits per heavy atom. The van der Waals surface area contributed by atoms with E-state index >= 15 is 0 Å². The molecule has 1 unspecified atom stereocenters. The molecule has 4 nitrogen and oxygen atoms in total. The summed E-state index contributed by atoms with van der Waals surface area (Å²) in [4.78, 5) is 11.3. The molecule has 13 heavy (non-hydrogen) atoms. The number of hydrogen-bond donors (Lipinski definition) is 1. The molecule has 0 saturated carbocycles. The number of carbonyl (C=O) groups is 1. The monoisotopic (exact) mass is 188 g/mol. The Balaban J connectivity index is 2.08. The summed E-state index contributed by atoms with van der Waals surface area (Å²) in [7, 11) is 0. The molecular weight excluding hydrogens is 172 g/mol. The lowest BCUT2D eigenvalue weighted by Crippen LogP contribution is -2.28. The SMILES string of the molecule is O=C1CCOCC1CCOCCO. The molecule has 0 radical (unpaired) electrons. The van der Waals surface area contributed by atoms with E-state index in [0.29, 0.717) is 39.3 Å². The highest BCUT2D eigenvalue weighted by molar-refractivity contribution is 5.81. The van der Waals surface area contributed by atoms with Crippen molar-refractivity contribution in [1.29, 1.82) is 0 Å². The first-order chi connectivity index (χ1) is 6.34. The summed E-state index contributed by atoms with van der Waals surface area (Å²) in [5.41, 5.74) is 0. The highest BCUT2D eigenvalue weighted by Gasteiger charge is 2.22. The van der Waals surface area contributed by atoms with Gasteiger partial charge in [0.1, 0.15) is 5.78 Å². The highest BCUT2D eigenvalue weighted by atomic mass is 16.5. The van der Waals surface area contributed by atoms with E-state index in [4.69, 9.17) is 14.6 Å². The van der Waals surface area contributed by atoms with Gasteiger partial charge in [-0.3, -0.25) is 4.79 Å². The molecule has 1 aliphatic heterocycles. The minimum atomic E-state index is 0.00689. The van der Waals surface area contributed by atoms with E-state index in [2.05, 4.69) is 0 Å². The summed E-state index contributed by atoms with van der Waals surface area (Å²) in [6.07, 6.45) is 1.24. The van der Waals surface area contributed by atoms with E-state index in [9.17, 15) is 4.79 Å². The van der Waals surface area contributed by atoms with Crippen LogP contribution < -0.4 is 0 Å². The third kappa shape index (κ3) is 3.85. The Hall–Kier alpha value is -0.450. The molecule has 4 heteroatoms. The largest absolute Gasteiger partial charge is 0.394 e. The van der Waals surface area contributed by atoms with Gasteiger partial charge in [-0.1, -0.05) is 0 Å². The Labute approximate surface area is 77.8 Å². The van der Waals surface area contributed by atoms with Gasteiger partial charge in [-0.2, -0.15) is 0 Å². The second-order valence-electron chi connectivity index (χ2n) is 3.11. The molecule has 0 aromatic rings. The van der Waals surface area contributed by atoms with Crippen molar-refractivity contribution < 1.29 is 19.4 Å². The van der Waals surface area contributed by atoms with Crippen molar-refractivity contribution in [3.8, 4) is 0 Å². The van der Waals surface area contributed by atoms with Crippen LogP contribution >= 0.6 is 0 Å². The van der Waals surface area contributed by atoms with Crippen molar-refractivity contribution in [3.05, 3.63) is 0 Å². The normalized spacial score (nSPS) is 23.5. The fraction of sp³-hybridized carbons (Fsp3) is 0.889. The lowest BCUT2D eigenvalue weighted by molar-refractivity contribution is -0.131. The predicted molar refractivity (Wildman–Crippen MR) is 46.5 cm³/mol. The van der Waals surface area contributed by atoms with Crippen molar-refractivity contribution in [3.63, 3.8) is 0 Å². The smallest absolute Gasteiger partial charge is 0.140 e. The maximum absolute atomic E-state index is 11.3. The maximum Gasteiger partial charge on any atom is 0.140 e. The van der Waals surface area contributed by atoms with E-state index in [-0.39, 0.29) is 18.3 Å². The number of hydrogen-bond acceptors (Lipinski definition) is 4. The average Bonchev–Trinajstić information content (AvgIpc) is 2.15. The van der Waals surface area contributed by atoms with Crippen LogP contribution in [-0.4, -0.2) is 43.9 Å². The first-order valence-corrected chi connectivity index (χ1v) is 4.63. The fourth-order valence-corrected chi connectivity index (χ4v) is 1.33. The molecule has 0 amide bonds. The topological polar surface area (TPSA) is 55.8 Å². The zero-order chi connectivity index (χ0) is 9.52. The lowest BCUT2D eigenvalue weighted by Gasteiger charge is -2.20. The van der Waals surface area contributed by atoms with Gasteiger partial charge >= 0.3 is 0 Å². The van der Waals surface area contributed by atoms with Crippen LogP contribution in [0.2, 0.25) is 0 Å². The Morgan fingerprint density at radius 1 is 1.54 bits per heavy atom. The van der Waals surface area contributed by atoms with Crippen LogP contribution in [0.1, 0.15) is 12.8 Å². The quantitative estimate of drug-likeness (QED) is 0.616. The van der Waals surface area contributed by atoms with Crippen LogP contribution in [0.3, 0.4) is 0 Å². The lowest BCUT2D eigenvalue weighted by atomic mass is 9.98. The van der Waals surface area contributed by atoms with Crippen molar-refractivity contribution in [2.24, 2.45) is 5.92 Å². The van der Waals surface area contributed by atoms with Gasteiger partial charge in [0.05, 0.1) is 26.4 Å². The summed E-state index contributed by atoms with van der Waals surface area (Å²) >= 11 is 0. The molecule has 1 saturated heterocycles. The molecule has 1 atom stereocenters. The van der Waals surface area contributed by atoms with Crippen LogP contribution in [0, 0.1) is 5.92 Å². The van der Waals surface area contributed by atoms with Crippen LogP contribution in [0.5, 0.6) is 0 Å². The number of aliphatic hydroxyl groups is 1. The molecule has 1 aliphatic rings. The summed E-state index contributed by atoms with van der Waals surface area (Å²) in [5, 5.41) is 8.44. The Bertz CT molecular complexity index is 158. The summed E-state index contributed by atoms with van der Waals surface area (Å²) in [6.45, 7) is 2.01. The summed E-state index contributed by atoms with van der Waals surface area (Å²) in [6, 6.07) is 0. The van der Waals surface area contributed by atoms with Crippen LogP contribution in [0.15, 0.2) is 0 Å². The van der Waals surface area contributed by atoms with E-state index in [0.717, 1.165) is 0 Å². The first-order valence-electron chi connectivity index (χ1n) is 4.63. The molecule has 1 heterocycles. The highest BCUT2D eigenvalue weighted by Crippen LogP contribution is 2.13. The molecule has 76 valence electrons. The summed E-state index contributed by atoms with van der Waals surface area (Å²) in [5.74, 6) is 0.284. The van der Waals surface area contributed by atoms with E-state index in [1.54, 1.807) is 0 Å². The van der Waals surface area contributed by atoms with Crippen LogP contribution in [0.25, 0.3) is 0 Å². The third-order valence-electron chi connectivity index (χ3n) is 2.11. The number of carbonyl (C=O) groups excluding carboxylic acids is 1. The van der Waals surface area contributed by atoms with Gasteiger partial charge in [0.25, 0.3) is 0 Å². The van der Waals surface area contributed by atoms with Gasteiger partial charge < -0.3 is 14.6 Å². The number of ether oxygens (including phenoxy) is 2. The maximum atomic E-state index is 11.3. The van der Waals surface area contributed by atoms with Crippen LogP contribution in [0.4, 0.5) is 0 Å². The van der Waals surface area contributed by atoms with Crippen molar-refractivity contribution in [2.75, 3.05) is 33.0 Å². The van der Waals surface area contributed by atoms with E-state index in [1.807, 2.05) is 0 Å². The molecule has 1 N–H and O–H groups in total. The molecule has 0 aromatic heterocycles. The van der Waals surface area contributed by atoms with Gasteiger partial charge in [0.15, 0.2) is 0 Å². The minimum Gasteiger partial charge on any atom is -0.394 e. The second kappa shape index (κ2) is 6.07. The molecule has 0 aliphatic carbocycles. The van der Waals surface area contributed by atoms with Crippen molar-refractivity contribution >= 4 is 5.78 Å². The number of ketones is 1. The molecular formula is C9H16O4. The molecule has 0 spiro atoms. The fourth-order valence-electron chi connectivity index (χ4n) is 1.33. The number of Topliss-reactive ketones (excluding diaryl/α,β-unsaturated/α-hetero) is 1. The van der Waals surface area contributed by atoms with Gasteiger partial charge in [-0.15, -0.1) is 0 Å². The third-order valence-corrected chi connectivity index (χ3v) is 2.11. The van der Waals surface area contributed by atoms with E-state index in [1.165, 1.54) is 0 Å². The minimum absolute atomic E-state index is 0.00689. The van der Waals surface area contributed by atoms with Gasteiger partial charge in [-0.05, 0) is 6.42 Å². The van der Waals surface area contributed by atoms with Crippen LogP contribution in [-0.2, 0) is 14.3 Å². The standard InChI is InChI=1S/C9H16O4/c10-3-6-12-4-1-8-7-13-5-2-9(8)11/h8,10H,1-7H2. The van der Waals surface area contributed by atoms with Gasteiger partial charge in [0.2, 0.25) is 0 Å². The number of rotatable bonds is 5. The van der Waals surface area contributed by atoms with Gasteiger partial charge in [-0.25, -0.2) is 0 Å². The average molecular weight is 188 g/mol. The Morgan fingerprint density at radius 3 is 3.08 bits per heavy atom. The second-order valence-corrected chi connectivity index (χ2v) is 3.11. The molecule has 0 aromatic carbocycles. The molecule has 1 fully saturated rings. The first kappa shape index (κ1) is 10.6. The van der Waals surface area contributed by atoms with E-state index < -0.39 is 0 Å². The molecule has 0 bridgehead atoms. The van der Waals surface area contributed by atoms with Gasteiger partial charge in [0, 0.05) is 18.9 Å². The predicted octanol–water partition coefficient (Wildman–Crippen LogP) is -0.00900. The zero-order valence-corrected chi connectivity index (χ0v) is 7.70. The van der Waals surface area contributed by atoms with Crippen molar-refractivity contribution in [1.82, 2.24) is 0 Å². The summed E-state index contributed by atoms with van der Waals surface area (Å²) < 4.78 is 10.3. The zero-order valence-electron chi connectivity index (χ0n) is 7.70. The number of aliphatic hydroxyl groups excluding tert-OH is 1. The van der Waals surface area contributed by atoms with Crippen molar-refractivity contribution in [2.45, 2.75) is 12.8 Å². The molecule has 1 rings (SSSR count). The Kier molecular flexibility index (Phi) is 4.97.